The number of amides is 1. The third-order valence-electron chi connectivity index (χ3n) is 4.10. The number of ether oxygens (including phenoxy) is 3. The lowest BCUT2D eigenvalue weighted by Crippen LogP contribution is -2.33. The quantitative estimate of drug-likeness (QED) is 0.258. The monoisotopic (exact) mass is 684 g/mol. The van der Waals surface area contributed by atoms with Crippen molar-refractivity contribution < 1.29 is 19.0 Å². The van der Waals surface area contributed by atoms with E-state index in [0.29, 0.717) is 19.8 Å². The van der Waals surface area contributed by atoms with Crippen LogP contribution in [0.3, 0.4) is 0 Å². The van der Waals surface area contributed by atoms with Crippen molar-refractivity contribution in [1.29, 1.82) is 0 Å². The van der Waals surface area contributed by atoms with Gasteiger partial charge in [0.15, 0.2) is 5.79 Å². The van der Waals surface area contributed by atoms with Crippen molar-refractivity contribution in [2.75, 3.05) is 13.2 Å². The number of hydrazone groups is 1. The second-order valence-electron chi connectivity index (χ2n) is 6.53. The minimum absolute atomic E-state index is 0.0994. The maximum absolute atomic E-state index is 12.0. The van der Waals surface area contributed by atoms with Crippen LogP contribution in [0, 0.1) is 7.14 Å². The summed E-state index contributed by atoms with van der Waals surface area (Å²) in [5.41, 5.74) is 4.48. The molecule has 0 spiro atoms. The van der Waals surface area contributed by atoms with Gasteiger partial charge in [0.25, 0.3) is 0 Å². The molecule has 29 heavy (non-hydrogen) atoms. The van der Waals surface area contributed by atoms with Gasteiger partial charge in [-0.1, -0.05) is 28.1 Å². The Hall–Kier alpha value is -0.760. The first-order chi connectivity index (χ1) is 13.8. The third kappa shape index (κ3) is 6.88. The molecule has 154 valence electrons. The first-order valence-electron chi connectivity index (χ1n) is 8.81. The molecule has 0 atom stereocenters. The molecular formula is C20H19BrI2N2O4. The van der Waals surface area contributed by atoms with Crippen LogP contribution in [-0.2, 0) is 20.9 Å². The van der Waals surface area contributed by atoms with Crippen molar-refractivity contribution in [2.24, 2.45) is 5.10 Å². The van der Waals surface area contributed by atoms with Crippen molar-refractivity contribution in [2.45, 2.75) is 25.7 Å². The van der Waals surface area contributed by atoms with E-state index in [-0.39, 0.29) is 12.3 Å². The van der Waals surface area contributed by atoms with Crippen molar-refractivity contribution in [3.8, 4) is 5.75 Å². The Kier molecular flexibility index (Phi) is 8.31. The van der Waals surface area contributed by atoms with Crippen molar-refractivity contribution in [1.82, 2.24) is 5.43 Å². The van der Waals surface area contributed by atoms with Gasteiger partial charge >= 0.3 is 0 Å². The first-order valence-corrected chi connectivity index (χ1v) is 11.8. The molecule has 2 aromatic rings. The molecule has 0 bridgehead atoms. The number of rotatable bonds is 7. The van der Waals surface area contributed by atoms with E-state index in [2.05, 4.69) is 71.6 Å². The van der Waals surface area contributed by atoms with E-state index in [0.717, 1.165) is 28.5 Å². The zero-order valence-corrected chi connectivity index (χ0v) is 21.5. The topological polar surface area (TPSA) is 69.2 Å². The smallest absolute Gasteiger partial charge is 0.245 e. The second kappa shape index (κ2) is 10.5. The lowest BCUT2D eigenvalue weighted by Gasteiger charge is -2.20. The molecule has 1 aliphatic rings. The van der Waals surface area contributed by atoms with E-state index in [1.165, 1.54) is 0 Å². The maximum atomic E-state index is 12.0. The highest BCUT2D eigenvalue weighted by Gasteiger charge is 2.33. The minimum atomic E-state index is -0.863. The largest absolute Gasteiger partial charge is 0.487 e. The van der Waals surface area contributed by atoms with Crippen LogP contribution in [0.15, 0.2) is 46.0 Å². The predicted molar refractivity (Wildman–Crippen MR) is 131 cm³/mol. The average Bonchev–Trinajstić information content (AvgIpc) is 3.08. The van der Waals surface area contributed by atoms with Crippen LogP contribution in [0.1, 0.15) is 24.5 Å². The molecule has 9 heteroatoms. The molecule has 1 heterocycles. The summed E-state index contributed by atoms with van der Waals surface area (Å²) in [5.74, 6) is -0.290. The van der Waals surface area contributed by atoms with Gasteiger partial charge in [-0.05, 0) is 87.5 Å². The molecule has 0 saturated carbocycles. The van der Waals surface area contributed by atoms with Crippen LogP contribution < -0.4 is 10.2 Å². The summed E-state index contributed by atoms with van der Waals surface area (Å²) in [4.78, 5) is 12.0. The molecule has 1 saturated heterocycles. The van der Waals surface area contributed by atoms with Crippen LogP contribution >= 0.6 is 61.1 Å². The van der Waals surface area contributed by atoms with E-state index in [9.17, 15) is 4.79 Å². The molecular weight excluding hydrogens is 666 g/mol. The van der Waals surface area contributed by atoms with Gasteiger partial charge in [-0.3, -0.25) is 4.79 Å². The maximum Gasteiger partial charge on any atom is 0.245 e. The van der Waals surface area contributed by atoms with Crippen LogP contribution in [0.2, 0.25) is 0 Å². The minimum Gasteiger partial charge on any atom is -0.487 e. The Morgan fingerprint density at radius 3 is 2.48 bits per heavy atom. The van der Waals surface area contributed by atoms with Gasteiger partial charge in [0.05, 0.1) is 33.0 Å². The molecule has 0 aromatic heterocycles. The summed E-state index contributed by atoms with van der Waals surface area (Å²) in [7, 11) is 0. The van der Waals surface area contributed by atoms with Gasteiger partial charge in [-0.25, -0.2) is 5.43 Å². The number of carbonyl (C=O) groups is 1. The third-order valence-corrected chi connectivity index (χ3v) is 6.23. The molecule has 0 aliphatic carbocycles. The fourth-order valence-corrected chi connectivity index (χ4v) is 5.09. The van der Waals surface area contributed by atoms with Gasteiger partial charge in [0, 0.05) is 4.47 Å². The Morgan fingerprint density at radius 1 is 1.24 bits per heavy atom. The van der Waals surface area contributed by atoms with Gasteiger partial charge in [-0.15, -0.1) is 0 Å². The summed E-state index contributed by atoms with van der Waals surface area (Å²) >= 11 is 7.91. The molecule has 0 radical (unpaired) electrons. The Balaban J connectivity index is 1.57. The van der Waals surface area contributed by atoms with Crippen LogP contribution in [0.25, 0.3) is 0 Å². The van der Waals surface area contributed by atoms with Crippen molar-refractivity contribution in [3.63, 3.8) is 0 Å². The molecule has 3 rings (SSSR count). The van der Waals surface area contributed by atoms with Gasteiger partial charge in [0.2, 0.25) is 5.91 Å². The number of nitrogens with one attached hydrogen (secondary N) is 1. The van der Waals surface area contributed by atoms with E-state index < -0.39 is 5.79 Å². The summed E-state index contributed by atoms with van der Waals surface area (Å²) in [6, 6.07) is 12.0. The van der Waals surface area contributed by atoms with Crippen molar-refractivity contribution >= 4 is 73.2 Å². The van der Waals surface area contributed by atoms with Crippen LogP contribution in [0.5, 0.6) is 5.75 Å². The lowest BCUT2D eigenvalue weighted by molar-refractivity contribution is -0.159. The number of nitrogens with zero attached hydrogens (tertiary/aromatic N) is 1. The molecule has 1 fully saturated rings. The van der Waals surface area contributed by atoms with Crippen LogP contribution in [0.4, 0.5) is 0 Å². The number of carbonyl (C=O) groups excluding carboxylic acids is 1. The lowest BCUT2D eigenvalue weighted by atomic mass is 10.2. The highest BCUT2D eigenvalue weighted by molar-refractivity contribution is 14.1. The summed E-state index contributed by atoms with van der Waals surface area (Å²) < 4.78 is 19.8. The fraction of sp³-hybridized carbons (Fsp3) is 0.300. The van der Waals surface area contributed by atoms with Crippen molar-refractivity contribution in [3.05, 3.63) is 59.1 Å². The summed E-state index contributed by atoms with van der Waals surface area (Å²) in [5, 5.41) is 4.04. The Bertz CT molecular complexity index is 877. The molecule has 2 aromatic carbocycles. The second-order valence-corrected chi connectivity index (χ2v) is 9.77. The number of benzene rings is 2. The van der Waals surface area contributed by atoms with E-state index in [1.54, 1.807) is 13.1 Å². The number of halogens is 3. The number of hydrogen-bond donors (Lipinski definition) is 1. The molecule has 1 N–H and O–H groups in total. The number of hydrogen-bond acceptors (Lipinski definition) is 5. The standard InChI is InChI=1S/C20H19BrI2N2O4/c1-20(28-6-7-29-20)10-18(26)25-24-11-14-8-16(22)19(17(23)9-14)27-12-13-2-4-15(21)5-3-13/h2-5,8-9,11H,6-7,10,12H2,1H3,(H,25,26)/b24-11-. The highest BCUT2D eigenvalue weighted by atomic mass is 127. The highest BCUT2D eigenvalue weighted by Crippen LogP contribution is 2.29. The molecule has 6 nitrogen and oxygen atoms in total. The van der Waals surface area contributed by atoms with Gasteiger partial charge in [0.1, 0.15) is 12.4 Å². The van der Waals surface area contributed by atoms with Gasteiger partial charge < -0.3 is 14.2 Å². The Labute approximate surface area is 205 Å². The Morgan fingerprint density at radius 2 is 1.86 bits per heavy atom. The van der Waals surface area contributed by atoms with E-state index >= 15 is 0 Å². The van der Waals surface area contributed by atoms with E-state index in [1.807, 2.05) is 36.4 Å². The summed E-state index contributed by atoms with van der Waals surface area (Å²) in [6.45, 7) is 3.24. The summed E-state index contributed by atoms with van der Waals surface area (Å²) in [6.07, 6.45) is 1.71. The normalized spacial score (nSPS) is 15.6. The molecule has 1 aliphatic heterocycles. The van der Waals surface area contributed by atoms with E-state index in [4.69, 9.17) is 14.2 Å². The van der Waals surface area contributed by atoms with Gasteiger partial charge in [-0.2, -0.15) is 5.10 Å². The zero-order chi connectivity index (χ0) is 20.9. The molecule has 1 amide bonds. The predicted octanol–water partition coefficient (Wildman–Crippen LogP) is 4.84. The van der Waals surface area contributed by atoms with Crippen LogP contribution in [-0.4, -0.2) is 31.1 Å². The SMILES string of the molecule is CC1(CC(=O)N/N=C\c2cc(I)c(OCc3ccc(Br)cc3)c(I)c2)OCCO1. The fourth-order valence-electron chi connectivity index (χ4n) is 2.70. The molecule has 0 unspecified atom stereocenters. The zero-order valence-electron chi connectivity index (χ0n) is 15.6. The average molecular weight is 685 g/mol. The first kappa shape index (κ1) is 22.9.